The lowest BCUT2D eigenvalue weighted by Crippen LogP contribution is -2.39. The second-order valence-electron chi connectivity index (χ2n) is 5.98. The van der Waals surface area contributed by atoms with Crippen molar-refractivity contribution in [3.05, 3.63) is 47.0 Å². The first-order chi connectivity index (χ1) is 10.5. The van der Waals surface area contributed by atoms with Gasteiger partial charge in [0, 0.05) is 24.2 Å². The van der Waals surface area contributed by atoms with Crippen LogP contribution in [0.5, 0.6) is 0 Å². The van der Waals surface area contributed by atoms with E-state index in [-0.39, 0.29) is 11.5 Å². The van der Waals surface area contributed by atoms with Crippen LogP contribution in [0.1, 0.15) is 32.3 Å². The second-order valence-corrected chi connectivity index (χ2v) is 5.98. The summed E-state index contributed by atoms with van der Waals surface area (Å²) in [5, 5.41) is 8.98. The third kappa shape index (κ3) is 3.97. The van der Waals surface area contributed by atoms with Crippen LogP contribution in [-0.4, -0.2) is 35.0 Å². The summed E-state index contributed by atoms with van der Waals surface area (Å²) < 4.78 is 0. The number of carbonyl (C=O) groups excluding carboxylic acids is 1. The summed E-state index contributed by atoms with van der Waals surface area (Å²) in [5.41, 5.74) is 1.82. The largest absolute Gasteiger partial charge is 0.478 e. The molecular weight excluding hydrogens is 278 g/mol. The summed E-state index contributed by atoms with van der Waals surface area (Å²) in [6, 6.07) is 10.4. The third-order valence-electron chi connectivity index (χ3n) is 4.47. The third-order valence-corrected chi connectivity index (χ3v) is 4.47. The van der Waals surface area contributed by atoms with Gasteiger partial charge in [-0.3, -0.25) is 4.79 Å². The first kappa shape index (κ1) is 16.3. The van der Waals surface area contributed by atoms with Crippen molar-refractivity contribution in [1.82, 2.24) is 4.90 Å². The number of hydrogen-bond acceptors (Lipinski definition) is 2. The summed E-state index contributed by atoms with van der Waals surface area (Å²) in [6.07, 6.45) is 2.99. The van der Waals surface area contributed by atoms with Gasteiger partial charge < -0.3 is 10.0 Å². The Morgan fingerprint density at radius 2 is 1.68 bits per heavy atom. The Hall–Kier alpha value is -2.10. The molecule has 0 radical (unpaired) electrons. The quantitative estimate of drug-likeness (QED) is 0.870. The highest BCUT2D eigenvalue weighted by molar-refractivity contribution is 6.01. The van der Waals surface area contributed by atoms with Gasteiger partial charge in [0.25, 0.3) is 0 Å². The molecule has 4 heteroatoms. The number of carboxylic acid groups (broad SMARTS) is 1. The Morgan fingerprint density at radius 3 is 2.23 bits per heavy atom. The van der Waals surface area contributed by atoms with E-state index in [4.69, 9.17) is 5.11 Å². The number of likely N-dealkylation sites (tertiary alicyclic amines) is 1. The number of amides is 1. The van der Waals surface area contributed by atoms with Crippen LogP contribution in [-0.2, 0) is 16.0 Å². The zero-order valence-electron chi connectivity index (χ0n) is 13.2. The van der Waals surface area contributed by atoms with E-state index in [1.54, 1.807) is 11.8 Å². The average Bonchev–Trinajstić information content (AvgIpc) is 2.54. The molecule has 1 fully saturated rings. The van der Waals surface area contributed by atoms with Gasteiger partial charge in [0.05, 0.1) is 0 Å². The van der Waals surface area contributed by atoms with E-state index in [0.717, 1.165) is 19.3 Å². The molecule has 2 rings (SSSR count). The maximum Gasteiger partial charge on any atom is 0.331 e. The number of benzene rings is 1. The van der Waals surface area contributed by atoms with Gasteiger partial charge in [-0.05, 0) is 44.6 Å². The highest BCUT2D eigenvalue weighted by atomic mass is 16.4. The molecule has 118 valence electrons. The van der Waals surface area contributed by atoms with Gasteiger partial charge in [0.2, 0.25) is 5.91 Å². The van der Waals surface area contributed by atoms with E-state index < -0.39 is 5.97 Å². The first-order valence-electron chi connectivity index (χ1n) is 7.73. The zero-order valence-corrected chi connectivity index (χ0v) is 13.2. The molecule has 0 aromatic heterocycles. The van der Waals surface area contributed by atoms with Crippen molar-refractivity contribution in [2.24, 2.45) is 5.92 Å². The molecule has 1 aliphatic rings. The molecule has 1 amide bonds. The van der Waals surface area contributed by atoms with Crippen LogP contribution in [0.25, 0.3) is 0 Å². The minimum atomic E-state index is -1.02. The van der Waals surface area contributed by atoms with Gasteiger partial charge in [-0.25, -0.2) is 4.79 Å². The van der Waals surface area contributed by atoms with E-state index in [9.17, 15) is 9.59 Å². The average molecular weight is 301 g/mol. The summed E-state index contributed by atoms with van der Waals surface area (Å²) >= 11 is 0. The predicted octanol–water partition coefficient (Wildman–Crippen LogP) is 2.89. The van der Waals surface area contributed by atoms with Crippen molar-refractivity contribution in [3.63, 3.8) is 0 Å². The van der Waals surface area contributed by atoms with E-state index >= 15 is 0 Å². The van der Waals surface area contributed by atoms with Crippen molar-refractivity contribution >= 4 is 11.9 Å². The molecule has 0 aliphatic carbocycles. The normalized spacial score (nSPS) is 17.1. The van der Waals surface area contributed by atoms with Crippen molar-refractivity contribution in [2.45, 2.75) is 33.1 Å². The molecule has 0 spiro atoms. The molecule has 1 aromatic rings. The number of nitrogens with zero attached hydrogens (tertiary/aromatic N) is 1. The van der Waals surface area contributed by atoms with Crippen LogP contribution in [0.4, 0.5) is 0 Å². The molecule has 1 aromatic carbocycles. The Balaban J connectivity index is 1.91. The number of rotatable bonds is 4. The minimum Gasteiger partial charge on any atom is -0.478 e. The van der Waals surface area contributed by atoms with Crippen molar-refractivity contribution in [3.8, 4) is 0 Å². The predicted molar refractivity (Wildman–Crippen MR) is 85.5 cm³/mol. The smallest absolute Gasteiger partial charge is 0.331 e. The fourth-order valence-electron chi connectivity index (χ4n) is 2.85. The highest BCUT2D eigenvalue weighted by Gasteiger charge is 2.25. The number of aliphatic carboxylic acids is 1. The van der Waals surface area contributed by atoms with Gasteiger partial charge >= 0.3 is 5.97 Å². The number of hydrogen-bond donors (Lipinski definition) is 1. The minimum absolute atomic E-state index is 0.136. The Morgan fingerprint density at radius 1 is 1.09 bits per heavy atom. The first-order valence-corrected chi connectivity index (χ1v) is 7.73. The molecule has 1 saturated heterocycles. The van der Waals surface area contributed by atoms with Crippen molar-refractivity contribution in [1.29, 1.82) is 0 Å². The summed E-state index contributed by atoms with van der Waals surface area (Å²) in [7, 11) is 0. The fourth-order valence-corrected chi connectivity index (χ4v) is 2.85. The number of carbonyl (C=O) groups is 2. The maximum absolute atomic E-state index is 12.3. The van der Waals surface area contributed by atoms with Gasteiger partial charge in [-0.1, -0.05) is 30.3 Å². The van der Waals surface area contributed by atoms with E-state index in [1.165, 1.54) is 12.5 Å². The molecule has 1 aliphatic heterocycles. The maximum atomic E-state index is 12.3. The number of piperidine rings is 1. The standard InChI is InChI=1S/C18H23NO3/c1-13(14(2)18(21)22)17(20)19-10-8-16(9-11-19)12-15-6-4-3-5-7-15/h3-7,16H,8-12H2,1-2H3,(H,21,22)/b14-13-. The molecule has 4 nitrogen and oxygen atoms in total. The van der Waals surface area contributed by atoms with Gasteiger partial charge in [-0.2, -0.15) is 0 Å². The molecule has 0 bridgehead atoms. The molecule has 0 saturated carbocycles. The van der Waals surface area contributed by atoms with Crippen LogP contribution in [0.15, 0.2) is 41.5 Å². The van der Waals surface area contributed by atoms with Crippen LogP contribution in [0.2, 0.25) is 0 Å². The van der Waals surface area contributed by atoms with Gasteiger partial charge in [0.15, 0.2) is 0 Å². The fraction of sp³-hybridized carbons (Fsp3) is 0.444. The molecule has 0 atom stereocenters. The van der Waals surface area contributed by atoms with Crippen LogP contribution in [0.3, 0.4) is 0 Å². The summed E-state index contributed by atoms with van der Waals surface area (Å²) in [6.45, 7) is 4.50. The SMILES string of the molecule is C/C(C(=O)O)=C(\C)C(=O)N1CCC(Cc2ccccc2)CC1. The molecule has 0 unspecified atom stereocenters. The highest BCUT2D eigenvalue weighted by Crippen LogP contribution is 2.23. The van der Waals surface area contributed by atoms with E-state index in [2.05, 4.69) is 24.3 Å². The summed E-state index contributed by atoms with van der Waals surface area (Å²) in [5.74, 6) is -0.570. The van der Waals surface area contributed by atoms with Crippen LogP contribution < -0.4 is 0 Å². The second kappa shape index (κ2) is 7.25. The lowest BCUT2D eigenvalue weighted by molar-refractivity contribution is -0.134. The lowest BCUT2D eigenvalue weighted by Gasteiger charge is -2.32. The van der Waals surface area contributed by atoms with Crippen molar-refractivity contribution < 1.29 is 14.7 Å². The molecule has 22 heavy (non-hydrogen) atoms. The van der Waals surface area contributed by atoms with E-state index in [0.29, 0.717) is 24.6 Å². The summed E-state index contributed by atoms with van der Waals surface area (Å²) in [4.78, 5) is 25.0. The Kier molecular flexibility index (Phi) is 5.36. The molecule has 1 heterocycles. The van der Waals surface area contributed by atoms with Gasteiger partial charge in [0.1, 0.15) is 0 Å². The van der Waals surface area contributed by atoms with Gasteiger partial charge in [-0.15, -0.1) is 0 Å². The van der Waals surface area contributed by atoms with Crippen LogP contribution in [0, 0.1) is 5.92 Å². The van der Waals surface area contributed by atoms with E-state index in [1.807, 2.05) is 6.07 Å². The molecule has 1 N–H and O–H groups in total. The number of carboxylic acids is 1. The Labute approximate surface area is 131 Å². The lowest BCUT2D eigenvalue weighted by atomic mass is 9.90. The monoisotopic (exact) mass is 301 g/mol. The van der Waals surface area contributed by atoms with Crippen LogP contribution >= 0.6 is 0 Å². The zero-order chi connectivity index (χ0) is 16.1. The Bertz CT molecular complexity index is 569. The molecular formula is C18H23NO3. The topological polar surface area (TPSA) is 57.6 Å². The van der Waals surface area contributed by atoms with Crippen molar-refractivity contribution in [2.75, 3.05) is 13.1 Å².